The van der Waals surface area contributed by atoms with Crippen molar-refractivity contribution in [1.29, 1.82) is 0 Å². The van der Waals surface area contributed by atoms with E-state index in [1.165, 1.54) is 32.1 Å². The van der Waals surface area contributed by atoms with Crippen molar-refractivity contribution in [3.05, 3.63) is 35.2 Å². The van der Waals surface area contributed by atoms with Gasteiger partial charge in [-0.05, 0) is 55.7 Å². The van der Waals surface area contributed by atoms with Gasteiger partial charge in [0, 0.05) is 17.3 Å². The summed E-state index contributed by atoms with van der Waals surface area (Å²) in [5.74, 6) is 0.236. The molecule has 0 radical (unpaired) electrons. The van der Waals surface area contributed by atoms with E-state index in [9.17, 15) is 9.90 Å². The lowest BCUT2D eigenvalue weighted by molar-refractivity contribution is -0.115. The molecule has 1 aromatic heterocycles. The first-order chi connectivity index (χ1) is 14.3. The van der Waals surface area contributed by atoms with E-state index in [2.05, 4.69) is 29.1 Å². The Morgan fingerprint density at radius 2 is 2.00 bits per heavy atom. The van der Waals surface area contributed by atoms with Gasteiger partial charge in [-0.3, -0.25) is 4.79 Å². The zero-order valence-electron chi connectivity index (χ0n) is 18.2. The van der Waals surface area contributed by atoms with Crippen LogP contribution in [-0.2, 0) is 17.8 Å². The van der Waals surface area contributed by atoms with E-state index in [0.29, 0.717) is 35.0 Å². The number of carbonyl (C=O) groups is 1. The van der Waals surface area contributed by atoms with Crippen molar-refractivity contribution in [2.24, 2.45) is 11.1 Å². The van der Waals surface area contributed by atoms with Crippen LogP contribution in [-0.4, -0.2) is 27.0 Å². The summed E-state index contributed by atoms with van der Waals surface area (Å²) >= 11 is 0. The van der Waals surface area contributed by atoms with Gasteiger partial charge in [0.15, 0.2) is 0 Å². The van der Waals surface area contributed by atoms with Crippen LogP contribution in [0.1, 0.15) is 62.9 Å². The summed E-state index contributed by atoms with van der Waals surface area (Å²) in [7, 11) is 0. The van der Waals surface area contributed by atoms with Gasteiger partial charge in [-0.25, -0.2) is 9.97 Å². The van der Waals surface area contributed by atoms with Crippen molar-refractivity contribution < 1.29 is 9.90 Å². The minimum atomic E-state index is -0.253. The summed E-state index contributed by atoms with van der Waals surface area (Å²) in [4.78, 5) is 19.9. The average Bonchev–Trinajstić information content (AvgIpc) is 3.29. The van der Waals surface area contributed by atoms with Gasteiger partial charge in [-0.1, -0.05) is 26.3 Å². The molecule has 0 bridgehead atoms. The quantitative estimate of drug-likeness (QED) is 0.611. The summed E-state index contributed by atoms with van der Waals surface area (Å²) in [6, 6.07) is 6.13. The third-order valence-corrected chi connectivity index (χ3v) is 6.71. The van der Waals surface area contributed by atoms with Crippen LogP contribution in [0.5, 0.6) is 0 Å². The molecule has 1 aliphatic carbocycles. The normalized spacial score (nSPS) is 19.1. The highest BCUT2D eigenvalue weighted by Crippen LogP contribution is 2.42. The van der Waals surface area contributed by atoms with Crippen LogP contribution < -0.4 is 16.8 Å². The number of hydrogen-bond donors (Lipinski definition) is 4. The molecule has 162 valence electrons. The number of carbonyl (C=O) groups excluding carboxylic acids is 1. The molecule has 0 saturated heterocycles. The van der Waals surface area contributed by atoms with E-state index in [1.807, 2.05) is 25.1 Å². The fraction of sp³-hybridized carbons (Fsp3) is 0.522. The summed E-state index contributed by atoms with van der Waals surface area (Å²) in [6.45, 7) is 6.11. The monoisotopic (exact) mass is 411 g/mol. The maximum absolute atomic E-state index is 11.4. The van der Waals surface area contributed by atoms with Crippen molar-refractivity contribution >= 4 is 17.4 Å². The average molecular weight is 412 g/mol. The van der Waals surface area contributed by atoms with E-state index in [0.717, 1.165) is 16.8 Å². The van der Waals surface area contributed by atoms with Gasteiger partial charge in [0.1, 0.15) is 11.5 Å². The Labute approximate surface area is 178 Å². The van der Waals surface area contributed by atoms with Crippen molar-refractivity contribution in [3.8, 4) is 11.3 Å². The highest BCUT2D eigenvalue weighted by atomic mass is 16.3. The third kappa shape index (κ3) is 4.32. The number of hydrogen-bond acceptors (Lipinski definition) is 6. The van der Waals surface area contributed by atoms with Gasteiger partial charge in [-0.15, -0.1) is 0 Å². The number of nitrogen functional groups attached to an aromatic ring is 1. The first-order valence-electron chi connectivity index (χ1n) is 10.8. The van der Waals surface area contributed by atoms with E-state index in [-0.39, 0.29) is 18.3 Å². The Kier molecular flexibility index (Phi) is 6.73. The minimum absolute atomic E-state index is 0.00619. The topological polar surface area (TPSA) is 127 Å². The molecular weight excluding hydrogens is 378 g/mol. The van der Waals surface area contributed by atoms with Gasteiger partial charge in [0.25, 0.3) is 0 Å². The molecule has 2 aromatic rings. The predicted octanol–water partition coefficient (Wildman–Crippen LogP) is 3.33. The van der Waals surface area contributed by atoms with Crippen LogP contribution in [0.2, 0.25) is 0 Å². The van der Waals surface area contributed by atoms with Crippen LogP contribution in [0, 0.1) is 12.3 Å². The Hall–Kier alpha value is -2.51. The number of nitrogens with one attached hydrogen (secondary N) is 1. The van der Waals surface area contributed by atoms with Gasteiger partial charge < -0.3 is 21.9 Å². The molecular formula is C23H33N5O2. The first-order valence-corrected chi connectivity index (χ1v) is 10.8. The summed E-state index contributed by atoms with van der Waals surface area (Å²) in [5.41, 5.74) is 16.6. The Morgan fingerprint density at radius 3 is 2.57 bits per heavy atom. The summed E-state index contributed by atoms with van der Waals surface area (Å²) < 4.78 is 0. The van der Waals surface area contributed by atoms with E-state index in [1.54, 1.807) is 0 Å². The van der Waals surface area contributed by atoms with E-state index in [4.69, 9.17) is 11.5 Å². The molecule has 1 saturated carbocycles. The van der Waals surface area contributed by atoms with Crippen LogP contribution in [0.15, 0.2) is 18.2 Å². The van der Waals surface area contributed by atoms with Crippen LogP contribution in [0.25, 0.3) is 11.3 Å². The molecule has 30 heavy (non-hydrogen) atoms. The number of benzene rings is 1. The second-order valence-electron chi connectivity index (χ2n) is 8.31. The second-order valence-corrected chi connectivity index (χ2v) is 8.31. The van der Waals surface area contributed by atoms with Crippen molar-refractivity contribution in [3.63, 3.8) is 0 Å². The predicted molar refractivity (Wildman–Crippen MR) is 120 cm³/mol. The number of fused-ring (bicyclic) bond motifs is 1. The van der Waals surface area contributed by atoms with Crippen molar-refractivity contribution in [1.82, 2.24) is 9.97 Å². The highest BCUT2D eigenvalue weighted by Gasteiger charge is 2.37. The number of aryl methyl sites for hydroxylation is 1. The maximum atomic E-state index is 11.4. The van der Waals surface area contributed by atoms with E-state index >= 15 is 0 Å². The van der Waals surface area contributed by atoms with Gasteiger partial charge >= 0.3 is 0 Å². The number of aromatic nitrogens is 2. The lowest BCUT2D eigenvalue weighted by Crippen LogP contribution is -2.35. The highest BCUT2D eigenvalue weighted by molar-refractivity contribution is 5.99. The molecule has 2 heterocycles. The molecule has 0 unspecified atom stereocenters. The molecule has 2 aliphatic rings. The minimum Gasteiger partial charge on any atom is -0.390 e. The SMILES string of the molecule is CCC1(CC)CCC[C@H]1N.Cc1nc(N)c(CO)nc1-c1ccc2c(c1)CC(=O)N2. The number of nitrogens with zero attached hydrogens (tertiary/aromatic N) is 2. The number of anilines is 2. The summed E-state index contributed by atoms with van der Waals surface area (Å²) in [5, 5.41) is 12.0. The molecule has 1 fully saturated rings. The number of aliphatic hydroxyl groups excluding tert-OH is 1. The summed E-state index contributed by atoms with van der Waals surface area (Å²) in [6.07, 6.45) is 6.87. The lowest BCUT2D eigenvalue weighted by Gasteiger charge is -2.30. The van der Waals surface area contributed by atoms with E-state index < -0.39 is 0 Å². The zero-order valence-corrected chi connectivity index (χ0v) is 18.2. The van der Waals surface area contributed by atoms with Gasteiger partial charge in [0.2, 0.25) is 5.91 Å². The van der Waals surface area contributed by atoms with Crippen molar-refractivity contribution in [2.75, 3.05) is 11.1 Å². The second kappa shape index (κ2) is 9.10. The number of nitrogens with two attached hydrogens (primary N) is 2. The van der Waals surface area contributed by atoms with Crippen molar-refractivity contribution in [2.45, 2.75) is 71.9 Å². The molecule has 1 aromatic carbocycles. The molecule has 1 amide bonds. The van der Waals surface area contributed by atoms with Gasteiger partial charge in [-0.2, -0.15) is 0 Å². The lowest BCUT2D eigenvalue weighted by atomic mass is 9.78. The van der Waals surface area contributed by atoms with Crippen LogP contribution in [0.3, 0.4) is 0 Å². The Morgan fingerprint density at radius 1 is 1.27 bits per heavy atom. The Bertz CT molecular complexity index is 924. The third-order valence-electron chi connectivity index (χ3n) is 6.71. The molecule has 1 atom stereocenters. The Balaban J connectivity index is 0.000000216. The maximum Gasteiger partial charge on any atom is 0.228 e. The zero-order chi connectivity index (χ0) is 21.9. The standard InChI is InChI=1S/C14H14N4O2.C9H19N/c1-7-13(18-11(6-19)14(15)16-7)8-2-3-10-9(4-8)5-12(20)17-10;1-3-9(4-2)7-5-6-8(9)10/h2-4,19H,5-6H2,1H3,(H2,15,16)(H,17,20);8H,3-7,10H2,1-2H3/t;8-/m.1/s1. The number of rotatable bonds is 4. The molecule has 4 rings (SSSR count). The largest absolute Gasteiger partial charge is 0.390 e. The molecule has 6 N–H and O–H groups in total. The first kappa shape index (κ1) is 22.2. The fourth-order valence-corrected chi connectivity index (χ4v) is 4.63. The molecule has 7 heteroatoms. The van der Waals surface area contributed by atoms with Crippen LogP contribution in [0.4, 0.5) is 11.5 Å². The van der Waals surface area contributed by atoms with Crippen LogP contribution >= 0.6 is 0 Å². The number of amides is 1. The van der Waals surface area contributed by atoms with Gasteiger partial charge in [0.05, 0.1) is 24.4 Å². The molecule has 0 spiro atoms. The fourth-order valence-electron chi connectivity index (χ4n) is 4.63. The smallest absolute Gasteiger partial charge is 0.228 e. The molecule has 7 nitrogen and oxygen atoms in total. The number of aliphatic hydroxyl groups is 1. The molecule has 1 aliphatic heterocycles.